The Morgan fingerprint density at radius 3 is 2.61 bits per heavy atom. The lowest BCUT2D eigenvalue weighted by atomic mass is 10.2. The molecule has 5 nitrogen and oxygen atoms in total. The van der Waals surface area contributed by atoms with E-state index in [1.807, 2.05) is 0 Å². The summed E-state index contributed by atoms with van der Waals surface area (Å²) in [4.78, 5) is 10.6. The molecule has 1 saturated heterocycles. The second-order valence-corrected chi connectivity index (χ2v) is 5.24. The predicted octanol–water partition coefficient (Wildman–Crippen LogP) is 3.03. The lowest BCUT2D eigenvalue weighted by Gasteiger charge is -2.21. The number of ether oxygens (including phenoxy) is 1. The van der Waals surface area contributed by atoms with E-state index in [0.717, 1.165) is 25.9 Å². The van der Waals surface area contributed by atoms with Gasteiger partial charge in [-0.05, 0) is 18.9 Å². The van der Waals surface area contributed by atoms with Gasteiger partial charge < -0.3 is 15.4 Å². The van der Waals surface area contributed by atoms with Crippen molar-refractivity contribution < 1.29 is 13.5 Å². The Hall–Kier alpha value is -1.19. The summed E-state index contributed by atoms with van der Waals surface area (Å²) in [5, 5.41) is 0. The van der Waals surface area contributed by atoms with E-state index in [-0.39, 0.29) is 29.9 Å². The zero-order valence-corrected chi connectivity index (χ0v) is 15.3. The van der Waals surface area contributed by atoms with Gasteiger partial charge in [-0.2, -0.15) is 0 Å². The van der Waals surface area contributed by atoms with Gasteiger partial charge in [0.15, 0.2) is 12.6 Å². The van der Waals surface area contributed by atoms with Gasteiger partial charge in [-0.3, -0.25) is 0 Å². The van der Waals surface area contributed by atoms with Crippen LogP contribution in [0.25, 0.3) is 0 Å². The number of alkyl halides is 2. The van der Waals surface area contributed by atoms with Crippen molar-refractivity contribution in [3.8, 4) is 5.88 Å². The molecule has 0 bridgehead atoms. The second-order valence-electron chi connectivity index (χ2n) is 5.24. The van der Waals surface area contributed by atoms with Crippen LogP contribution >= 0.6 is 24.0 Å². The van der Waals surface area contributed by atoms with Crippen LogP contribution in [0, 0.1) is 0 Å². The Kier molecular flexibility index (Phi) is 9.12. The van der Waals surface area contributed by atoms with Crippen LogP contribution in [0.15, 0.2) is 23.2 Å². The third kappa shape index (κ3) is 7.28. The van der Waals surface area contributed by atoms with Crippen LogP contribution < -0.4 is 10.5 Å². The summed E-state index contributed by atoms with van der Waals surface area (Å²) in [6, 6.07) is 5.03. The monoisotopic (exact) mass is 440 g/mol. The molecule has 0 unspecified atom stereocenters. The molecule has 0 aromatic carbocycles. The maximum atomic E-state index is 12.1. The molecular formula is C15H23F2IN4O. The molecule has 130 valence electrons. The number of hydrogen-bond donors (Lipinski definition) is 1. The molecule has 1 aromatic rings. The van der Waals surface area contributed by atoms with E-state index in [9.17, 15) is 8.78 Å². The van der Waals surface area contributed by atoms with Crippen LogP contribution in [-0.2, 0) is 6.54 Å². The highest BCUT2D eigenvalue weighted by molar-refractivity contribution is 14.0. The lowest BCUT2D eigenvalue weighted by molar-refractivity contribution is 0.0795. The van der Waals surface area contributed by atoms with Crippen LogP contribution in [0.1, 0.15) is 31.4 Å². The van der Waals surface area contributed by atoms with Crippen LogP contribution in [-0.4, -0.2) is 42.0 Å². The first-order chi connectivity index (χ1) is 10.6. The zero-order valence-electron chi connectivity index (χ0n) is 13.0. The van der Waals surface area contributed by atoms with Crippen molar-refractivity contribution >= 4 is 29.9 Å². The summed E-state index contributed by atoms with van der Waals surface area (Å²) in [5.74, 6) is 0.698. The van der Waals surface area contributed by atoms with Crippen molar-refractivity contribution in [2.75, 3.05) is 19.7 Å². The first kappa shape index (κ1) is 19.9. The van der Waals surface area contributed by atoms with E-state index in [1.165, 1.54) is 12.8 Å². The Balaban J connectivity index is 0.00000264. The SMILES string of the molecule is I.NC(=NCc1cccc(OCC(F)F)n1)N1CCCCCC1. The first-order valence-corrected chi connectivity index (χ1v) is 7.57. The number of nitrogens with zero attached hydrogens (tertiary/aromatic N) is 3. The molecule has 1 aliphatic heterocycles. The molecule has 2 heterocycles. The standard InChI is InChI=1S/C15H22F2N4O.HI/c16-13(17)11-22-14-7-5-6-12(20-14)10-19-15(18)21-8-3-1-2-4-9-21;/h5-7,13H,1-4,8-11H2,(H2,18,19);1H. The molecular weight excluding hydrogens is 417 g/mol. The number of halogens is 3. The van der Waals surface area contributed by atoms with Crippen molar-refractivity contribution in [3.05, 3.63) is 23.9 Å². The van der Waals surface area contributed by atoms with Gasteiger partial charge in [-0.25, -0.2) is 18.8 Å². The molecule has 0 aliphatic carbocycles. The number of guanidine groups is 1. The van der Waals surface area contributed by atoms with Gasteiger partial charge in [0.05, 0.1) is 12.2 Å². The third-order valence-corrected chi connectivity index (χ3v) is 3.47. The van der Waals surface area contributed by atoms with Crippen LogP contribution in [0.2, 0.25) is 0 Å². The van der Waals surface area contributed by atoms with Gasteiger partial charge in [0.1, 0.15) is 0 Å². The van der Waals surface area contributed by atoms with Crippen molar-refractivity contribution in [1.82, 2.24) is 9.88 Å². The minimum Gasteiger partial charge on any atom is -0.472 e. The maximum Gasteiger partial charge on any atom is 0.272 e. The molecule has 0 saturated carbocycles. The Morgan fingerprint density at radius 2 is 1.96 bits per heavy atom. The maximum absolute atomic E-state index is 12.1. The fourth-order valence-corrected chi connectivity index (χ4v) is 2.34. The van der Waals surface area contributed by atoms with E-state index in [4.69, 9.17) is 10.5 Å². The van der Waals surface area contributed by atoms with Crippen LogP contribution in [0.3, 0.4) is 0 Å². The molecule has 0 spiro atoms. The molecule has 0 amide bonds. The van der Waals surface area contributed by atoms with E-state index in [0.29, 0.717) is 18.2 Å². The number of nitrogens with two attached hydrogens (primary N) is 1. The van der Waals surface area contributed by atoms with Gasteiger partial charge in [0.2, 0.25) is 5.88 Å². The quantitative estimate of drug-likeness (QED) is 0.435. The molecule has 1 fully saturated rings. The normalized spacial score (nSPS) is 16.0. The molecule has 0 atom stereocenters. The summed E-state index contributed by atoms with van der Waals surface area (Å²) in [6.07, 6.45) is 2.21. The molecule has 1 aliphatic rings. The Morgan fingerprint density at radius 1 is 1.26 bits per heavy atom. The van der Waals surface area contributed by atoms with Gasteiger partial charge in [0, 0.05) is 19.2 Å². The number of likely N-dealkylation sites (tertiary alicyclic amines) is 1. The molecule has 1 aromatic heterocycles. The van der Waals surface area contributed by atoms with E-state index >= 15 is 0 Å². The predicted molar refractivity (Wildman–Crippen MR) is 96.5 cm³/mol. The van der Waals surface area contributed by atoms with Gasteiger partial charge in [-0.15, -0.1) is 24.0 Å². The smallest absolute Gasteiger partial charge is 0.272 e. The van der Waals surface area contributed by atoms with Crippen LogP contribution in [0.4, 0.5) is 8.78 Å². The molecule has 8 heteroatoms. The molecule has 2 N–H and O–H groups in total. The average molecular weight is 440 g/mol. The van der Waals surface area contributed by atoms with Gasteiger partial charge in [0.25, 0.3) is 6.43 Å². The Labute approximate surface area is 152 Å². The fraction of sp³-hybridized carbons (Fsp3) is 0.600. The molecule has 0 radical (unpaired) electrons. The number of aliphatic imine (C=N–C) groups is 1. The summed E-state index contributed by atoms with van der Waals surface area (Å²) in [6.45, 7) is 1.52. The highest BCUT2D eigenvalue weighted by atomic mass is 127. The van der Waals surface area contributed by atoms with Crippen molar-refractivity contribution in [2.24, 2.45) is 10.7 Å². The van der Waals surface area contributed by atoms with Crippen molar-refractivity contribution in [1.29, 1.82) is 0 Å². The Bertz CT molecular complexity index is 494. The molecule has 2 rings (SSSR count). The first-order valence-electron chi connectivity index (χ1n) is 7.57. The fourth-order valence-electron chi connectivity index (χ4n) is 2.34. The highest BCUT2D eigenvalue weighted by Crippen LogP contribution is 2.11. The van der Waals surface area contributed by atoms with Crippen molar-refractivity contribution in [2.45, 2.75) is 38.7 Å². The minimum absolute atomic E-state index is 0. The van der Waals surface area contributed by atoms with E-state index in [2.05, 4.69) is 14.9 Å². The highest BCUT2D eigenvalue weighted by Gasteiger charge is 2.11. The lowest BCUT2D eigenvalue weighted by Crippen LogP contribution is -2.38. The van der Waals surface area contributed by atoms with Crippen LogP contribution in [0.5, 0.6) is 5.88 Å². The van der Waals surface area contributed by atoms with E-state index in [1.54, 1.807) is 18.2 Å². The number of pyridine rings is 1. The number of rotatable bonds is 5. The summed E-state index contributed by atoms with van der Waals surface area (Å²) in [7, 11) is 0. The number of aromatic nitrogens is 1. The number of hydrogen-bond acceptors (Lipinski definition) is 3. The molecule has 23 heavy (non-hydrogen) atoms. The summed E-state index contributed by atoms with van der Waals surface area (Å²) in [5.41, 5.74) is 6.66. The average Bonchev–Trinajstić information content (AvgIpc) is 2.80. The third-order valence-electron chi connectivity index (χ3n) is 3.47. The van der Waals surface area contributed by atoms with Crippen molar-refractivity contribution in [3.63, 3.8) is 0 Å². The van der Waals surface area contributed by atoms with E-state index < -0.39 is 13.0 Å². The summed E-state index contributed by atoms with van der Waals surface area (Å²) < 4.78 is 29.1. The second kappa shape index (κ2) is 10.6. The topological polar surface area (TPSA) is 63.7 Å². The largest absolute Gasteiger partial charge is 0.472 e. The zero-order chi connectivity index (χ0) is 15.8. The van der Waals surface area contributed by atoms with Gasteiger partial charge >= 0.3 is 0 Å². The summed E-state index contributed by atoms with van der Waals surface area (Å²) >= 11 is 0. The van der Waals surface area contributed by atoms with Gasteiger partial charge in [-0.1, -0.05) is 18.9 Å². The minimum atomic E-state index is -2.51.